The van der Waals surface area contributed by atoms with Gasteiger partial charge in [0.05, 0.1) is 11.8 Å². The Morgan fingerprint density at radius 3 is 2.55 bits per heavy atom. The minimum atomic E-state index is -1.61. The van der Waals surface area contributed by atoms with Gasteiger partial charge in [0.25, 0.3) is 5.91 Å². The van der Waals surface area contributed by atoms with Crippen LogP contribution in [0.25, 0.3) is 0 Å². The number of carbonyl (C=O) groups is 3. The second kappa shape index (κ2) is 11.5. The van der Waals surface area contributed by atoms with Crippen LogP contribution in [0.1, 0.15) is 64.4 Å². The first-order chi connectivity index (χ1) is 19.9. The molecular weight excluding hydrogens is 540 g/mol. The molecule has 0 bridgehead atoms. The van der Waals surface area contributed by atoms with E-state index in [0.717, 1.165) is 24.8 Å². The van der Waals surface area contributed by atoms with E-state index < -0.39 is 54.0 Å². The van der Waals surface area contributed by atoms with Gasteiger partial charge in [0.2, 0.25) is 0 Å². The van der Waals surface area contributed by atoms with Crippen molar-refractivity contribution in [1.29, 1.82) is 0 Å². The predicted octanol–water partition coefficient (Wildman–Crippen LogP) is 2.40. The van der Waals surface area contributed by atoms with Crippen molar-refractivity contribution in [3.63, 3.8) is 0 Å². The Kier molecular flexibility index (Phi) is 8.35. The summed E-state index contributed by atoms with van der Waals surface area (Å²) in [5.41, 5.74) is 0.0184. The molecule has 1 aromatic carbocycles. The van der Waals surface area contributed by atoms with Crippen LogP contribution in [0.5, 0.6) is 0 Å². The smallest absolute Gasteiger partial charge is 0.326 e. The third-order valence-electron chi connectivity index (χ3n) is 11.0. The number of hydrogen-bond donors (Lipinski definition) is 5. The molecule has 0 spiro atoms. The van der Waals surface area contributed by atoms with E-state index in [0.29, 0.717) is 31.4 Å². The van der Waals surface area contributed by atoms with Gasteiger partial charge in [-0.25, -0.2) is 4.79 Å². The van der Waals surface area contributed by atoms with Crippen molar-refractivity contribution >= 4 is 23.4 Å². The Morgan fingerprint density at radius 1 is 1.12 bits per heavy atom. The molecule has 42 heavy (non-hydrogen) atoms. The number of aliphatic carboxylic acids is 1. The Balaban J connectivity index is 1.23. The zero-order valence-electron chi connectivity index (χ0n) is 24.3. The maximum Gasteiger partial charge on any atom is 0.326 e. The summed E-state index contributed by atoms with van der Waals surface area (Å²) >= 11 is 0. The van der Waals surface area contributed by atoms with E-state index in [-0.39, 0.29) is 29.6 Å². The number of benzene rings is 1. The Morgan fingerprint density at radius 2 is 1.86 bits per heavy atom. The zero-order chi connectivity index (χ0) is 30.3. The van der Waals surface area contributed by atoms with Crippen molar-refractivity contribution < 1.29 is 39.6 Å². The number of rotatable bonds is 9. The summed E-state index contributed by atoms with van der Waals surface area (Å²) in [4.78, 5) is 42.0. The summed E-state index contributed by atoms with van der Waals surface area (Å²) in [7, 11) is 0. The maximum absolute atomic E-state index is 12.6. The van der Waals surface area contributed by atoms with Gasteiger partial charge in [0, 0.05) is 11.8 Å². The second-order valence-electron chi connectivity index (χ2n) is 13.1. The summed E-state index contributed by atoms with van der Waals surface area (Å²) < 4.78 is 0. The SMILES string of the molecule is C[C@]12CC/C(=N\OCC(=O)N[C@H](Cc3ccccc3)C(=O)O)C=C1CC[C@@H]1[C@@H]2[C@@H](O)C[C@@]2(C)[C@H]1CC[C@]2(O)C(=O)CO. The first-order valence-electron chi connectivity index (χ1n) is 14.9. The molecule has 5 rings (SSSR count). The number of aliphatic hydroxyl groups excluding tert-OH is 2. The zero-order valence-corrected chi connectivity index (χ0v) is 24.3. The van der Waals surface area contributed by atoms with E-state index in [4.69, 9.17) is 4.84 Å². The highest BCUT2D eigenvalue weighted by Gasteiger charge is 2.68. The molecule has 0 aliphatic heterocycles. The first kappa shape index (κ1) is 30.4. The number of nitrogens with one attached hydrogen (secondary N) is 1. The molecule has 0 unspecified atom stereocenters. The van der Waals surface area contributed by atoms with Crippen molar-refractivity contribution in [2.75, 3.05) is 13.2 Å². The summed E-state index contributed by atoms with van der Waals surface area (Å²) in [5, 5.41) is 48.7. The van der Waals surface area contributed by atoms with Crippen molar-refractivity contribution in [2.24, 2.45) is 33.7 Å². The van der Waals surface area contributed by atoms with Crippen LogP contribution in [0.2, 0.25) is 0 Å². The maximum atomic E-state index is 12.6. The number of aliphatic hydroxyl groups is 3. The van der Waals surface area contributed by atoms with Gasteiger partial charge in [0.15, 0.2) is 12.4 Å². The summed E-state index contributed by atoms with van der Waals surface area (Å²) in [6.45, 7) is 2.99. The lowest BCUT2D eigenvalue weighted by atomic mass is 9.45. The Hall–Kier alpha value is -3.08. The summed E-state index contributed by atoms with van der Waals surface area (Å²) in [6.07, 6.45) is 5.74. The van der Waals surface area contributed by atoms with E-state index in [1.165, 1.54) is 5.57 Å². The predicted molar refractivity (Wildman–Crippen MR) is 153 cm³/mol. The molecule has 5 N–H and O–H groups in total. The summed E-state index contributed by atoms with van der Waals surface area (Å²) in [6, 6.07) is 7.99. The third-order valence-corrected chi connectivity index (χ3v) is 11.0. The van der Waals surface area contributed by atoms with Gasteiger partial charge in [-0.05, 0) is 79.8 Å². The fourth-order valence-electron chi connectivity index (χ4n) is 8.82. The average molecular weight is 583 g/mol. The van der Waals surface area contributed by atoms with Gasteiger partial charge in [-0.1, -0.05) is 54.9 Å². The van der Waals surface area contributed by atoms with Crippen LogP contribution in [0.3, 0.4) is 0 Å². The number of carbonyl (C=O) groups excluding carboxylic acids is 2. The van der Waals surface area contributed by atoms with Gasteiger partial charge in [0.1, 0.15) is 18.2 Å². The number of fused-ring (bicyclic) bond motifs is 5. The molecule has 0 radical (unpaired) electrons. The number of amides is 1. The molecule has 1 aromatic rings. The highest BCUT2D eigenvalue weighted by Crippen LogP contribution is 2.67. The number of ketones is 1. The van der Waals surface area contributed by atoms with Gasteiger partial charge >= 0.3 is 5.97 Å². The molecule has 10 heteroatoms. The molecule has 0 heterocycles. The van der Waals surface area contributed by atoms with Crippen LogP contribution in [-0.2, 0) is 25.6 Å². The Labute approximate surface area is 245 Å². The lowest BCUT2D eigenvalue weighted by Crippen LogP contribution is -2.62. The van der Waals surface area contributed by atoms with Crippen LogP contribution in [0, 0.1) is 28.6 Å². The molecule has 4 aliphatic carbocycles. The van der Waals surface area contributed by atoms with E-state index in [2.05, 4.69) is 17.4 Å². The number of Topliss-reactive ketones (excluding diaryl/α,β-unsaturated/α-hetero) is 1. The topological polar surface area (TPSA) is 166 Å². The quantitative estimate of drug-likeness (QED) is 0.277. The van der Waals surface area contributed by atoms with Gasteiger partial charge in [-0.2, -0.15) is 0 Å². The summed E-state index contributed by atoms with van der Waals surface area (Å²) in [5.74, 6) is -2.04. The normalized spacial score (nSPS) is 37.1. The van der Waals surface area contributed by atoms with E-state index in [1.807, 2.05) is 31.2 Å². The average Bonchev–Trinajstić information content (AvgIpc) is 3.23. The number of nitrogens with zero attached hydrogens (tertiary/aromatic N) is 1. The van der Waals surface area contributed by atoms with Crippen molar-refractivity contribution in [3.8, 4) is 0 Å². The van der Waals surface area contributed by atoms with Crippen molar-refractivity contribution in [1.82, 2.24) is 5.32 Å². The largest absolute Gasteiger partial charge is 0.480 e. The highest BCUT2D eigenvalue weighted by molar-refractivity contribution is 5.96. The van der Waals surface area contributed by atoms with Gasteiger partial charge in [-0.3, -0.25) is 9.59 Å². The molecule has 1 amide bonds. The van der Waals surface area contributed by atoms with Gasteiger partial charge in [-0.15, -0.1) is 0 Å². The van der Waals surface area contributed by atoms with Crippen molar-refractivity contribution in [3.05, 3.63) is 47.5 Å². The molecule has 4 aliphatic rings. The number of oxime groups is 1. The number of carboxylic acids is 1. The van der Waals surface area contributed by atoms with Crippen molar-refractivity contribution in [2.45, 2.75) is 83.0 Å². The molecule has 0 saturated heterocycles. The molecule has 3 saturated carbocycles. The van der Waals surface area contributed by atoms with Crippen LogP contribution in [-0.4, -0.2) is 74.8 Å². The highest BCUT2D eigenvalue weighted by atomic mass is 16.6. The third kappa shape index (κ3) is 5.18. The molecule has 228 valence electrons. The fraction of sp³-hybridized carbons (Fsp3) is 0.625. The first-order valence-corrected chi connectivity index (χ1v) is 14.9. The van der Waals surface area contributed by atoms with Crippen LogP contribution < -0.4 is 5.32 Å². The molecule has 3 fully saturated rings. The van der Waals surface area contributed by atoms with E-state index in [9.17, 15) is 34.8 Å². The van der Waals surface area contributed by atoms with E-state index in [1.54, 1.807) is 12.1 Å². The standard InChI is InChI=1S/C32H42N2O8/c1-30-12-10-21(34-42-18-27(38)33-24(29(39)40)14-19-6-4-3-5-7-19)15-20(30)8-9-22-23-11-13-32(41,26(37)17-35)31(23,2)16-25(36)28(22)30/h3-7,15,22-25,28,35-36,41H,8-14,16-18H2,1-2H3,(H,33,38)(H,39,40)/b34-21+/t22-,23-,24+,25-,28+,30-,31-,32-/m0/s1. The van der Waals surface area contributed by atoms with Crippen LogP contribution in [0.15, 0.2) is 47.1 Å². The minimum absolute atomic E-state index is 0.0204. The monoisotopic (exact) mass is 582 g/mol. The lowest BCUT2D eigenvalue weighted by molar-refractivity contribution is -0.181. The van der Waals surface area contributed by atoms with Crippen LogP contribution in [0.4, 0.5) is 0 Å². The number of hydrogen-bond acceptors (Lipinski definition) is 8. The fourth-order valence-corrected chi connectivity index (χ4v) is 8.82. The molecule has 8 atom stereocenters. The Bertz CT molecular complexity index is 1280. The second-order valence-corrected chi connectivity index (χ2v) is 13.1. The molecule has 10 nitrogen and oxygen atoms in total. The minimum Gasteiger partial charge on any atom is -0.480 e. The van der Waals surface area contributed by atoms with E-state index >= 15 is 0 Å². The van der Waals surface area contributed by atoms with Crippen LogP contribution >= 0.6 is 0 Å². The molecule has 0 aromatic heterocycles. The molecular formula is C32H42N2O8. The number of allylic oxidation sites excluding steroid dienone is 2. The lowest BCUT2D eigenvalue weighted by Gasteiger charge is -2.60. The number of carboxylic acid groups (broad SMARTS) is 1. The van der Waals surface area contributed by atoms with Gasteiger partial charge < -0.3 is 30.6 Å².